The van der Waals surface area contributed by atoms with Gasteiger partial charge >= 0.3 is 5.97 Å². The van der Waals surface area contributed by atoms with Gasteiger partial charge in [0, 0.05) is 0 Å². The van der Waals surface area contributed by atoms with Crippen LogP contribution in [0.2, 0.25) is 0 Å². The van der Waals surface area contributed by atoms with Crippen molar-refractivity contribution in [3.05, 3.63) is 22.5 Å². The lowest BCUT2D eigenvalue weighted by molar-refractivity contribution is -0.138. The number of rotatable bonds is 24. The molecule has 4 heteroatoms. The van der Waals surface area contributed by atoms with E-state index in [-0.39, 0.29) is 5.70 Å². The monoisotopic (exact) mass is 465 g/mol. The Kier molecular flexibility index (Phi) is 25.5. The van der Waals surface area contributed by atoms with Crippen LogP contribution in [0.5, 0.6) is 0 Å². The van der Waals surface area contributed by atoms with Crippen LogP contribution in [0.3, 0.4) is 0 Å². The Balaban J connectivity index is 3.56. The van der Waals surface area contributed by atoms with Crippen LogP contribution < -0.4 is 0 Å². The molecule has 0 fully saturated rings. The van der Waals surface area contributed by atoms with E-state index in [0.717, 1.165) is 25.0 Å². The first kappa shape index (κ1) is 31.0. The normalized spacial score (nSPS) is 11.5. The maximum atomic E-state index is 12.0. The van der Waals surface area contributed by atoms with Gasteiger partial charge in [0.25, 0.3) is 5.70 Å². The third-order valence-corrected chi connectivity index (χ3v) is 6.79. The van der Waals surface area contributed by atoms with Crippen molar-refractivity contribution in [2.45, 2.75) is 142 Å². The molecule has 0 rings (SSSR count). The van der Waals surface area contributed by atoms with Crippen molar-refractivity contribution in [3.63, 3.8) is 0 Å². The molecule has 0 aromatic heterocycles. The van der Waals surface area contributed by atoms with E-state index in [0.29, 0.717) is 6.61 Å². The fourth-order valence-electron chi connectivity index (χ4n) is 3.76. The van der Waals surface area contributed by atoms with Crippen molar-refractivity contribution in [2.24, 2.45) is 0 Å². The Labute approximate surface area is 204 Å². The van der Waals surface area contributed by atoms with Crippen LogP contribution in [0.1, 0.15) is 142 Å². The van der Waals surface area contributed by atoms with Gasteiger partial charge in [0.05, 0.1) is 13.2 Å². The van der Waals surface area contributed by atoms with Gasteiger partial charge in [0.2, 0.25) is 0 Å². The minimum Gasteiger partial charge on any atom is -0.471 e. The van der Waals surface area contributed by atoms with Crippen molar-refractivity contribution in [3.8, 4) is 0 Å². The van der Waals surface area contributed by atoms with E-state index >= 15 is 0 Å². The third-order valence-electron chi connectivity index (χ3n) is 5.87. The van der Waals surface area contributed by atoms with Gasteiger partial charge in [-0.3, -0.25) is 4.79 Å². The van der Waals surface area contributed by atoms with Gasteiger partial charge in [0.15, 0.2) is 0 Å². The Bertz CT molecular complexity index is 484. The molecule has 0 saturated heterocycles. The molecule has 0 N–H and O–H groups in total. The van der Waals surface area contributed by atoms with Crippen LogP contribution in [0.4, 0.5) is 0 Å². The Morgan fingerprint density at radius 1 is 0.688 bits per heavy atom. The highest BCUT2D eigenvalue weighted by molar-refractivity contribution is 8.02. The van der Waals surface area contributed by atoms with E-state index in [2.05, 4.69) is 18.7 Å². The zero-order valence-corrected chi connectivity index (χ0v) is 22.1. The molecule has 3 nitrogen and oxygen atoms in total. The third kappa shape index (κ3) is 22.3. The molecule has 0 heterocycles. The van der Waals surface area contributed by atoms with Crippen molar-refractivity contribution >= 4 is 17.7 Å². The topological polar surface area (TPSA) is 30.7 Å². The van der Waals surface area contributed by atoms with Gasteiger partial charge in [-0.1, -0.05) is 129 Å². The second-order valence-electron chi connectivity index (χ2n) is 8.99. The van der Waals surface area contributed by atoms with E-state index in [4.69, 9.17) is 11.3 Å². The largest absolute Gasteiger partial charge is 0.471 e. The highest BCUT2D eigenvalue weighted by Crippen LogP contribution is 2.16. The molecule has 0 spiro atoms. The minimum absolute atomic E-state index is 0.133. The van der Waals surface area contributed by atoms with Gasteiger partial charge in [-0.05, 0) is 24.0 Å². The smallest absolute Gasteiger partial charge is 0.336 e. The number of carbonyl (C=O) groups is 1. The summed E-state index contributed by atoms with van der Waals surface area (Å²) in [5.74, 6) is 0.521. The van der Waals surface area contributed by atoms with Crippen LogP contribution in [0, 0.1) is 6.57 Å². The maximum Gasteiger partial charge on any atom is 0.336 e. The second kappa shape index (κ2) is 26.3. The SMILES string of the molecule is [C-]#[N+]/C(=C\SCCCCCCCCCCCC)C(=O)OCCCCCCCCCCCC. The van der Waals surface area contributed by atoms with Gasteiger partial charge in [0.1, 0.15) is 0 Å². The van der Waals surface area contributed by atoms with E-state index in [1.54, 1.807) is 17.2 Å². The van der Waals surface area contributed by atoms with Gasteiger partial charge in [-0.15, -0.1) is 11.8 Å². The molecule has 0 radical (unpaired) electrons. The predicted octanol–water partition coefficient (Wildman–Crippen LogP) is 9.87. The highest BCUT2D eigenvalue weighted by Gasteiger charge is 2.10. The van der Waals surface area contributed by atoms with Crippen LogP contribution in [-0.2, 0) is 9.53 Å². The highest BCUT2D eigenvalue weighted by atomic mass is 32.2. The number of hydrogen-bond acceptors (Lipinski definition) is 3. The number of ether oxygens (including phenoxy) is 1. The Hall–Kier alpha value is -0.950. The maximum absolute atomic E-state index is 12.0. The summed E-state index contributed by atoms with van der Waals surface area (Å²) in [5, 5.41) is 1.70. The van der Waals surface area contributed by atoms with Crippen LogP contribution in [0.15, 0.2) is 11.1 Å². The summed E-state index contributed by atoms with van der Waals surface area (Å²) < 4.78 is 5.29. The number of esters is 1. The molecular weight excluding hydrogens is 414 g/mol. The molecular formula is C28H51NO2S. The van der Waals surface area contributed by atoms with E-state index in [9.17, 15) is 4.79 Å². The average molecular weight is 466 g/mol. The van der Waals surface area contributed by atoms with Gasteiger partial charge in [-0.25, -0.2) is 4.85 Å². The number of hydrogen-bond donors (Lipinski definition) is 0. The van der Waals surface area contributed by atoms with Crippen LogP contribution >= 0.6 is 11.8 Å². The summed E-state index contributed by atoms with van der Waals surface area (Å²) in [6, 6.07) is 0. The van der Waals surface area contributed by atoms with Gasteiger partial charge in [-0.2, -0.15) is 0 Å². The first-order valence-electron chi connectivity index (χ1n) is 13.6. The fraction of sp³-hybridized carbons (Fsp3) is 0.857. The number of thioether (sulfide) groups is 1. The molecule has 0 aromatic carbocycles. The van der Waals surface area contributed by atoms with Crippen LogP contribution in [-0.4, -0.2) is 18.3 Å². The van der Waals surface area contributed by atoms with E-state index in [1.165, 1.54) is 109 Å². The predicted molar refractivity (Wildman–Crippen MR) is 142 cm³/mol. The summed E-state index contributed by atoms with van der Waals surface area (Å²) in [6.45, 7) is 12.2. The summed E-state index contributed by atoms with van der Waals surface area (Å²) in [7, 11) is 0. The summed E-state index contributed by atoms with van der Waals surface area (Å²) in [5.41, 5.74) is 0.133. The number of nitrogens with zero attached hydrogens (tertiary/aromatic N) is 1. The lowest BCUT2D eigenvalue weighted by atomic mass is 10.1. The summed E-state index contributed by atoms with van der Waals surface area (Å²) >= 11 is 1.57. The molecule has 0 aliphatic carbocycles. The molecule has 0 bridgehead atoms. The fourth-order valence-corrected chi connectivity index (χ4v) is 4.55. The quantitative estimate of drug-likeness (QED) is 0.0615. The van der Waals surface area contributed by atoms with Crippen molar-refractivity contribution in [2.75, 3.05) is 12.4 Å². The molecule has 0 aromatic rings. The van der Waals surface area contributed by atoms with Crippen molar-refractivity contribution in [1.29, 1.82) is 0 Å². The Morgan fingerprint density at radius 2 is 1.09 bits per heavy atom. The lowest BCUT2D eigenvalue weighted by Crippen LogP contribution is -2.06. The zero-order chi connectivity index (χ0) is 23.5. The first-order valence-corrected chi connectivity index (χ1v) is 14.7. The number of unbranched alkanes of at least 4 members (excludes halogenated alkanes) is 18. The molecule has 0 atom stereocenters. The van der Waals surface area contributed by atoms with Crippen molar-refractivity contribution in [1.82, 2.24) is 0 Å². The average Bonchev–Trinajstić information content (AvgIpc) is 2.80. The molecule has 0 saturated carbocycles. The Morgan fingerprint density at radius 3 is 1.53 bits per heavy atom. The second-order valence-corrected chi connectivity index (χ2v) is 9.96. The van der Waals surface area contributed by atoms with Crippen molar-refractivity contribution < 1.29 is 9.53 Å². The summed E-state index contributed by atoms with van der Waals surface area (Å²) in [4.78, 5) is 15.4. The van der Waals surface area contributed by atoms with E-state index < -0.39 is 5.97 Å². The zero-order valence-electron chi connectivity index (χ0n) is 21.3. The molecule has 0 amide bonds. The van der Waals surface area contributed by atoms with Crippen LogP contribution in [0.25, 0.3) is 4.85 Å². The first-order chi connectivity index (χ1) is 15.8. The molecule has 0 aliphatic heterocycles. The van der Waals surface area contributed by atoms with Gasteiger partial charge < -0.3 is 4.74 Å². The summed E-state index contributed by atoms with van der Waals surface area (Å²) in [6.07, 6.45) is 25.9. The molecule has 0 aliphatic rings. The minimum atomic E-state index is -0.452. The molecule has 32 heavy (non-hydrogen) atoms. The molecule has 186 valence electrons. The number of carbonyl (C=O) groups excluding carboxylic acids is 1. The lowest BCUT2D eigenvalue weighted by Gasteiger charge is -2.05. The molecule has 0 unspecified atom stereocenters. The standard InChI is InChI=1S/C28H51NO2S/c1-4-6-8-10-12-14-16-18-20-22-24-31-28(30)27(29-3)26-32-25-23-21-19-17-15-13-11-9-7-5-2/h26H,4-25H2,1-2H3/b27-26-. The van der Waals surface area contributed by atoms with E-state index in [1.807, 2.05) is 0 Å².